The van der Waals surface area contributed by atoms with Gasteiger partial charge in [0.2, 0.25) is 0 Å². The molecule has 0 unspecified atom stereocenters. The van der Waals surface area contributed by atoms with E-state index in [0.29, 0.717) is 25.1 Å². The second-order valence-corrected chi connectivity index (χ2v) is 4.49. The molecule has 2 rings (SSSR count). The molecular formula is C15H16N4O2. The molecule has 0 bridgehead atoms. The summed E-state index contributed by atoms with van der Waals surface area (Å²) in [6.07, 6.45) is 3.57. The predicted molar refractivity (Wildman–Crippen MR) is 77.7 cm³/mol. The van der Waals surface area contributed by atoms with E-state index in [1.807, 2.05) is 18.2 Å². The molecule has 6 nitrogen and oxygen atoms in total. The van der Waals surface area contributed by atoms with Crippen LogP contribution >= 0.6 is 0 Å². The van der Waals surface area contributed by atoms with Crippen LogP contribution in [0.1, 0.15) is 29.8 Å². The fourth-order valence-corrected chi connectivity index (χ4v) is 1.75. The topological polar surface area (TPSA) is 93.9 Å². The summed E-state index contributed by atoms with van der Waals surface area (Å²) in [4.78, 5) is 11.8. The summed E-state index contributed by atoms with van der Waals surface area (Å²) >= 11 is 0. The number of hydrogen-bond acceptors (Lipinski definition) is 5. The molecule has 0 amide bonds. The average Bonchev–Trinajstić information content (AvgIpc) is 2.97. The lowest BCUT2D eigenvalue weighted by molar-refractivity contribution is 0.0491. The van der Waals surface area contributed by atoms with Gasteiger partial charge in [0.1, 0.15) is 0 Å². The smallest absolute Gasteiger partial charge is 0.358 e. The molecule has 0 aliphatic heterocycles. The molecule has 6 heteroatoms. The van der Waals surface area contributed by atoms with Crippen molar-refractivity contribution in [3.05, 3.63) is 42.2 Å². The van der Waals surface area contributed by atoms with Crippen LogP contribution in [0.15, 0.2) is 36.5 Å². The maximum absolute atomic E-state index is 11.8. The Kier molecular flexibility index (Phi) is 4.94. The maximum Gasteiger partial charge on any atom is 0.358 e. The molecule has 2 N–H and O–H groups in total. The third-order valence-electron chi connectivity index (χ3n) is 2.87. The molecule has 2 aromatic rings. The molecule has 21 heavy (non-hydrogen) atoms. The van der Waals surface area contributed by atoms with E-state index in [4.69, 9.17) is 15.7 Å². The Morgan fingerprint density at radius 3 is 2.76 bits per heavy atom. The maximum atomic E-state index is 11.8. The van der Waals surface area contributed by atoms with E-state index in [1.54, 1.807) is 29.1 Å². The van der Waals surface area contributed by atoms with Gasteiger partial charge in [-0.3, -0.25) is 0 Å². The average molecular weight is 284 g/mol. The molecular weight excluding hydrogens is 268 g/mol. The van der Waals surface area contributed by atoms with Gasteiger partial charge < -0.3 is 10.5 Å². The third kappa shape index (κ3) is 4.08. The molecule has 0 saturated heterocycles. The third-order valence-corrected chi connectivity index (χ3v) is 2.87. The van der Waals surface area contributed by atoms with Gasteiger partial charge in [0.15, 0.2) is 5.69 Å². The number of aromatic nitrogens is 2. The highest BCUT2D eigenvalue weighted by Gasteiger charge is 2.11. The highest BCUT2D eigenvalue weighted by atomic mass is 16.5. The lowest BCUT2D eigenvalue weighted by atomic mass is 10.3. The summed E-state index contributed by atoms with van der Waals surface area (Å²) < 4.78 is 6.69. The standard InChI is InChI=1S/C15H16N4O2/c16-9-2-1-3-11-21-15(20)14-8-10-19(18-14)13-6-4-12(17)5-7-13/h4-8,10H,1-3,11,17H2. The number of esters is 1. The molecule has 1 aromatic carbocycles. The molecule has 0 fully saturated rings. The zero-order valence-electron chi connectivity index (χ0n) is 11.5. The summed E-state index contributed by atoms with van der Waals surface area (Å²) in [5, 5.41) is 12.6. The van der Waals surface area contributed by atoms with E-state index in [1.165, 1.54) is 0 Å². The zero-order chi connectivity index (χ0) is 15.1. The fraction of sp³-hybridized carbons (Fsp3) is 0.267. The number of benzene rings is 1. The van der Waals surface area contributed by atoms with Crippen LogP contribution in [0, 0.1) is 11.3 Å². The number of carbonyl (C=O) groups is 1. The molecule has 0 atom stereocenters. The Labute approximate surface area is 122 Å². The van der Waals surface area contributed by atoms with Gasteiger partial charge >= 0.3 is 5.97 Å². The molecule has 0 radical (unpaired) electrons. The molecule has 1 aromatic heterocycles. The predicted octanol–water partition coefficient (Wildman–Crippen LogP) is 2.31. The minimum atomic E-state index is -0.457. The highest BCUT2D eigenvalue weighted by Crippen LogP contribution is 2.11. The van der Waals surface area contributed by atoms with E-state index < -0.39 is 5.97 Å². The number of ether oxygens (including phenoxy) is 1. The zero-order valence-corrected chi connectivity index (χ0v) is 11.5. The van der Waals surface area contributed by atoms with E-state index in [-0.39, 0.29) is 5.69 Å². The van der Waals surface area contributed by atoms with Crippen LogP contribution in [0.25, 0.3) is 5.69 Å². The minimum Gasteiger partial charge on any atom is -0.461 e. The Bertz CT molecular complexity index is 640. The first-order chi connectivity index (χ1) is 10.2. The second-order valence-electron chi connectivity index (χ2n) is 4.49. The lowest BCUT2D eigenvalue weighted by Gasteiger charge is -2.02. The van der Waals surface area contributed by atoms with Crippen LogP contribution in [-0.4, -0.2) is 22.4 Å². The summed E-state index contributed by atoms with van der Waals surface area (Å²) in [6, 6.07) is 10.8. The van der Waals surface area contributed by atoms with E-state index >= 15 is 0 Å². The quantitative estimate of drug-likeness (QED) is 0.499. The fourth-order valence-electron chi connectivity index (χ4n) is 1.75. The van der Waals surface area contributed by atoms with Gasteiger partial charge in [-0.15, -0.1) is 0 Å². The van der Waals surface area contributed by atoms with Crippen molar-refractivity contribution in [2.75, 3.05) is 12.3 Å². The molecule has 1 heterocycles. The van der Waals surface area contributed by atoms with Crippen molar-refractivity contribution in [2.45, 2.75) is 19.3 Å². The first-order valence-electron chi connectivity index (χ1n) is 6.66. The number of nitrogens with two attached hydrogens (primary N) is 1. The first kappa shape index (κ1) is 14.6. The largest absolute Gasteiger partial charge is 0.461 e. The van der Waals surface area contributed by atoms with Gasteiger partial charge in [0.25, 0.3) is 0 Å². The Morgan fingerprint density at radius 1 is 1.29 bits per heavy atom. The summed E-state index contributed by atoms with van der Waals surface area (Å²) in [6.45, 7) is 0.301. The van der Waals surface area contributed by atoms with Gasteiger partial charge in [-0.2, -0.15) is 10.4 Å². The van der Waals surface area contributed by atoms with Gasteiger partial charge in [0.05, 0.1) is 18.4 Å². The summed E-state index contributed by atoms with van der Waals surface area (Å²) in [5.41, 5.74) is 7.37. The van der Waals surface area contributed by atoms with Gasteiger partial charge in [0, 0.05) is 18.3 Å². The number of nitrogens with zero attached hydrogens (tertiary/aromatic N) is 3. The van der Waals surface area contributed by atoms with Gasteiger partial charge in [-0.25, -0.2) is 9.48 Å². The van der Waals surface area contributed by atoms with Crippen LogP contribution in [0.4, 0.5) is 5.69 Å². The van der Waals surface area contributed by atoms with Crippen molar-refractivity contribution < 1.29 is 9.53 Å². The number of nitriles is 1. The number of hydrogen-bond donors (Lipinski definition) is 1. The van der Waals surface area contributed by atoms with Gasteiger partial charge in [-0.1, -0.05) is 0 Å². The van der Waals surface area contributed by atoms with Crippen molar-refractivity contribution in [3.63, 3.8) is 0 Å². The summed E-state index contributed by atoms with van der Waals surface area (Å²) in [7, 11) is 0. The SMILES string of the molecule is N#CCCCCOC(=O)c1ccn(-c2ccc(N)cc2)n1. The molecule has 0 saturated carbocycles. The normalized spacial score (nSPS) is 10.0. The number of anilines is 1. The Balaban J connectivity index is 1.92. The number of carbonyl (C=O) groups excluding carboxylic acids is 1. The van der Waals surface area contributed by atoms with Crippen molar-refractivity contribution in [3.8, 4) is 11.8 Å². The Morgan fingerprint density at radius 2 is 2.05 bits per heavy atom. The Hall–Kier alpha value is -2.81. The van der Waals surface area contributed by atoms with Crippen molar-refractivity contribution in [2.24, 2.45) is 0 Å². The van der Waals surface area contributed by atoms with E-state index in [9.17, 15) is 4.79 Å². The van der Waals surface area contributed by atoms with Crippen molar-refractivity contribution in [1.82, 2.24) is 9.78 Å². The minimum absolute atomic E-state index is 0.257. The number of unbranched alkanes of at least 4 members (excludes halogenated alkanes) is 2. The highest BCUT2D eigenvalue weighted by molar-refractivity contribution is 5.87. The molecule has 108 valence electrons. The van der Waals surface area contributed by atoms with Crippen LogP contribution in [0.2, 0.25) is 0 Å². The number of rotatable bonds is 6. The van der Waals surface area contributed by atoms with E-state index in [2.05, 4.69) is 5.10 Å². The number of nitrogen functional groups attached to an aromatic ring is 1. The second kappa shape index (κ2) is 7.10. The molecule has 0 spiro atoms. The first-order valence-corrected chi connectivity index (χ1v) is 6.66. The van der Waals surface area contributed by atoms with Gasteiger partial charge in [-0.05, 0) is 43.2 Å². The van der Waals surface area contributed by atoms with Crippen molar-refractivity contribution >= 4 is 11.7 Å². The summed E-state index contributed by atoms with van der Waals surface area (Å²) in [5.74, 6) is -0.457. The van der Waals surface area contributed by atoms with Crippen LogP contribution in [-0.2, 0) is 4.74 Å². The molecule has 0 aliphatic carbocycles. The van der Waals surface area contributed by atoms with E-state index in [0.717, 1.165) is 12.1 Å². The van der Waals surface area contributed by atoms with Crippen molar-refractivity contribution in [1.29, 1.82) is 5.26 Å². The lowest BCUT2D eigenvalue weighted by Crippen LogP contribution is -2.08. The van der Waals surface area contributed by atoms with Crippen LogP contribution < -0.4 is 5.73 Å². The van der Waals surface area contributed by atoms with Crippen LogP contribution in [0.5, 0.6) is 0 Å². The van der Waals surface area contributed by atoms with Crippen LogP contribution in [0.3, 0.4) is 0 Å². The monoisotopic (exact) mass is 284 g/mol. The molecule has 0 aliphatic rings.